The van der Waals surface area contributed by atoms with Gasteiger partial charge in [-0.2, -0.15) is 0 Å². The molecule has 1 aromatic rings. The van der Waals surface area contributed by atoms with Crippen LogP contribution in [-0.2, 0) is 6.54 Å². The van der Waals surface area contributed by atoms with E-state index in [1.165, 1.54) is 32.1 Å². The average Bonchev–Trinajstić information content (AvgIpc) is 2.27. The first kappa shape index (κ1) is 11.6. The van der Waals surface area contributed by atoms with E-state index in [0.717, 1.165) is 17.7 Å². The lowest BCUT2D eigenvalue weighted by Crippen LogP contribution is -2.30. The van der Waals surface area contributed by atoms with E-state index in [4.69, 9.17) is 0 Å². The van der Waals surface area contributed by atoms with Crippen LogP contribution < -0.4 is 5.32 Å². The first-order valence-electron chi connectivity index (χ1n) is 6.23. The van der Waals surface area contributed by atoms with Gasteiger partial charge in [-0.05, 0) is 43.0 Å². The van der Waals surface area contributed by atoms with Gasteiger partial charge in [0.15, 0.2) is 0 Å². The molecule has 16 heavy (non-hydrogen) atoms. The Morgan fingerprint density at radius 2 is 1.94 bits per heavy atom. The second-order valence-electron chi connectivity index (χ2n) is 4.85. The molecule has 0 spiro atoms. The van der Waals surface area contributed by atoms with Crippen LogP contribution in [0.3, 0.4) is 0 Å². The minimum Gasteiger partial charge on any atom is -0.310 e. The van der Waals surface area contributed by atoms with Gasteiger partial charge in [0.05, 0.1) is 0 Å². The summed E-state index contributed by atoms with van der Waals surface area (Å²) in [5, 5.41) is 3.53. The summed E-state index contributed by atoms with van der Waals surface area (Å²) in [5.41, 5.74) is 2.06. The molecular formula is C14H20FN. The van der Waals surface area contributed by atoms with Gasteiger partial charge in [-0.25, -0.2) is 4.39 Å². The van der Waals surface area contributed by atoms with Crippen LogP contribution >= 0.6 is 0 Å². The van der Waals surface area contributed by atoms with E-state index < -0.39 is 0 Å². The number of hydrogen-bond donors (Lipinski definition) is 1. The Kier molecular flexibility index (Phi) is 3.94. The highest BCUT2D eigenvalue weighted by Crippen LogP contribution is 2.18. The SMILES string of the molecule is Cc1cc(F)cc(CNC2CCCCC2)c1. The highest BCUT2D eigenvalue weighted by atomic mass is 19.1. The summed E-state index contributed by atoms with van der Waals surface area (Å²) in [6, 6.07) is 5.89. The molecule has 0 aromatic heterocycles. The first-order valence-corrected chi connectivity index (χ1v) is 6.23. The maximum Gasteiger partial charge on any atom is 0.123 e. The Morgan fingerprint density at radius 3 is 2.62 bits per heavy atom. The van der Waals surface area contributed by atoms with Gasteiger partial charge in [0.1, 0.15) is 5.82 Å². The number of aryl methyl sites for hydroxylation is 1. The van der Waals surface area contributed by atoms with Crippen LogP contribution in [0.5, 0.6) is 0 Å². The molecule has 0 bridgehead atoms. The molecule has 1 N–H and O–H groups in total. The van der Waals surface area contributed by atoms with Crippen LogP contribution in [0.1, 0.15) is 43.2 Å². The molecule has 1 saturated carbocycles. The third-order valence-electron chi connectivity index (χ3n) is 3.30. The molecule has 0 heterocycles. The molecule has 1 fully saturated rings. The van der Waals surface area contributed by atoms with E-state index in [1.807, 2.05) is 6.92 Å². The third-order valence-corrected chi connectivity index (χ3v) is 3.30. The molecule has 0 saturated heterocycles. The van der Waals surface area contributed by atoms with Crippen LogP contribution in [0.4, 0.5) is 4.39 Å². The fraction of sp³-hybridized carbons (Fsp3) is 0.571. The van der Waals surface area contributed by atoms with Crippen LogP contribution in [-0.4, -0.2) is 6.04 Å². The van der Waals surface area contributed by atoms with Gasteiger partial charge in [-0.15, -0.1) is 0 Å². The summed E-state index contributed by atoms with van der Waals surface area (Å²) < 4.78 is 13.2. The Labute approximate surface area is 97.1 Å². The van der Waals surface area contributed by atoms with Crippen molar-refractivity contribution in [3.8, 4) is 0 Å². The van der Waals surface area contributed by atoms with Gasteiger partial charge >= 0.3 is 0 Å². The maximum absolute atomic E-state index is 13.2. The monoisotopic (exact) mass is 221 g/mol. The van der Waals surface area contributed by atoms with Gasteiger partial charge in [-0.3, -0.25) is 0 Å². The van der Waals surface area contributed by atoms with Crippen molar-refractivity contribution in [1.29, 1.82) is 0 Å². The van der Waals surface area contributed by atoms with Crippen molar-refractivity contribution in [2.45, 2.75) is 51.6 Å². The zero-order valence-electron chi connectivity index (χ0n) is 9.93. The molecule has 1 nitrogen and oxygen atoms in total. The van der Waals surface area contributed by atoms with Crippen LogP contribution in [0, 0.1) is 12.7 Å². The van der Waals surface area contributed by atoms with Gasteiger partial charge in [0.25, 0.3) is 0 Å². The lowest BCUT2D eigenvalue weighted by Gasteiger charge is -2.22. The van der Waals surface area contributed by atoms with Crippen LogP contribution in [0.2, 0.25) is 0 Å². The average molecular weight is 221 g/mol. The molecule has 2 heteroatoms. The smallest absolute Gasteiger partial charge is 0.123 e. The molecule has 88 valence electrons. The zero-order valence-corrected chi connectivity index (χ0v) is 9.93. The van der Waals surface area contributed by atoms with Crippen molar-refractivity contribution >= 4 is 0 Å². The second-order valence-corrected chi connectivity index (χ2v) is 4.85. The molecule has 0 unspecified atom stereocenters. The van der Waals surface area contributed by atoms with E-state index in [0.29, 0.717) is 6.04 Å². The summed E-state index contributed by atoms with van der Waals surface area (Å²) in [4.78, 5) is 0. The van der Waals surface area contributed by atoms with E-state index in [1.54, 1.807) is 12.1 Å². The summed E-state index contributed by atoms with van der Waals surface area (Å²) in [7, 11) is 0. The molecule has 0 atom stereocenters. The van der Waals surface area contributed by atoms with Crippen LogP contribution in [0.25, 0.3) is 0 Å². The molecule has 0 aliphatic heterocycles. The Bertz CT molecular complexity index is 322. The number of hydrogen-bond acceptors (Lipinski definition) is 1. The third kappa shape index (κ3) is 3.31. The fourth-order valence-electron chi connectivity index (χ4n) is 2.48. The maximum atomic E-state index is 13.2. The predicted molar refractivity (Wildman–Crippen MR) is 64.8 cm³/mol. The molecule has 0 radical (unpaired) electrons. The minimum absolute atomic E-state index is 0.125. The van der Waals surface area contributed by atoms with Crippen molar-refractivity contribution in [1.82, 2.24) is 5.32 Å². The first-order chi connectivity index (χ1) is 7.74. The second kappa shape index (κ2) is 5.44. The van der Waals surface area contributed by atoms with E-state index in [-0.39, 0.29) is 5.82 Å². The minimum atomic E-state index is -0.125. The largest absolute Gasteiger partial charge is 0.310 e. The number of benzene rings is 1. The van der Waals surface area contributed by atoms with E-state index in [2.05, 4.69) is 11.4 Å². The Hall–Kier alpha value is -0.890. The van der Waals surface area contributed by atoms with Gasteiger partial charge in [0, 0.05) is 12.6 Å². The molecular weight excluding hydrogens is 201 g/mol. The summed E-state index contributed by atoms with van der Waals surface area (Å²) in [6.07, 6.45) is 6.58. The summed E-state index contributed by atoms with van der Waals surface area (Å²) >= 11 is 0. The fourth-order valence-corrected chi connectivity index (χ4v) is 2.48. The highest BCUT2D eigenvalue weighted by Gasteiger charge is 2.12. The molecule has 1 aliphatic rings. The van der Waals surface area contributed by atoms with Crippen molar-refractivity contribution in [2.24, 2.45) is 0 Å². The molecule has 2 rings (SSSR count). The molecule has 1 aromatic carbocycles. The van der Waals surface area contributed by atoms with Crippen molar-refractivity contribution in [3.63, 3.8) is 0 Å². The topological polar surface area (TPSA) is 12.0 Å². The van der Waals surface area contributed by atoms with E-state index in [9.17, 15) is 4.39 Å². The Balaban J connectivity index is 1.88. The normalized spacial score (nSPS) is 17.6. The van der Waals surface area contributed by atoms with Crippen LogP contribution in [0.15, 0.2) is 18.2 Å². The predicted octanol–water partition coefficient (Wildman–Crippen LogP) is 3.56. The number of nitrogens with one attached hydrogen (secondary N) is 1. The van der Waals surface area contributed by atoms with Gasteiger partial charge in [-0.1, -0.05) is 25.3 Å². The highest BCUT2D eigenvalue weighted by molar-refractivity contribution is 5.23. The molecule has 1 aliphatic carbocycles. The standard InChI is InChI=1S/C14H20FN/c1-11-7-12(9-13(15)8-11)10-16-14-5-3-2-4-6-14/h7-9,14,16H,2-6,10H2,1H3. The van der Waals surface area contributed by atoms with Crippen molar-refractivity contribution in [2.75, 3.05) is 0 Å². The van der Waals surface area contributed by atoms with Crippen molar-refractivity contribution in [3.05, 3.63) is 35.1 Å². The summed E-state index contributed by atoms with van der Waals surface area (Å²) in [6.45, 7) is 2.73. The van der Waals surface area contributed by atoms with Gasteiger partial charge < -0.3 is 5.32 Å². The van der Waals surface area contributed by atoms with Gasteiger partial charge in [0.2, 0.25) is 0 Å². The molecule has 0 amide bonds. The quantitative estimate of drug-likeness (QED) is 0.823. The lowest BCUT2D eigenvalue weighted by molar-refractivity contribution is 0.372. The van der Waals surface area contributed by atoms with E-state index >= 15 is 0 Å². The summed E-state index contributed by atoms with van der Waals surface area (Å²) in [5.74, 6) is -0.125. The number of rotatable bonds is 3. The zero-order chi connectivity index (χ0) is 11.4. The Morgan fingerprint density at radius 1 is 1.19 bits per heavy atom. The van der Waals surface area contributed by atoms with Crippen molar-refractivity contribution < 1.29 is 4.39 Å². The number of halogens is 1. The lowest BCUT2D eigenvalue weighted by atomic mass is 9.95.